The molecule has 2 aromatic rings. The van der Waals surface area contributed by atoms with Gasteiger partial charge >= 0.3 is 11.9 Å². The number of hydrogen-bond acceptors (Lipinski definition) is 8. The molecule has 2 atom stereocenters. The molecule has 4 N–H and O–H groups in total. The molecule has 3 heterocycles. The van der Waals surface area contributed by atoms with Gasteiger partial charge in [0.15, 0.2) is 0 Å². The molecule has 0 radical (unpaired) electrons. The Hall–Kier alpha value is -2.24. The van der Waals surface area contributed by atoms with E-state index in [-0.39, 0.29) is 55.4 Å². The van der Waals surface area contributed by atoms with E-state index in [0.29, 0.717) is 24.2 Å². The van der Waals surface area contributed by atoms with Gasteiger partial charge in [-0.1, -0.05) is 12.1 Å². The average Bonchev–Trinajstić information content (AvgIpc) is 3.39. The number of hydrogen-bond donors (Lipinski definition) is 2. The monoisotopic (exact) mass is 556 g/mol. The third kappa shape index (κ3) is 5.93. The maximum absolute atomic E-state index is 11.8. The van der Waals surface area contributed by atoms with Crippen molar-refractivity contribution in [1.29, 1.82) is 0 Å². The van der Waals surface area contributed by atoms with Crippen molar-refractivity contribution < 1.29 is 34.8 Å². The minimum atomic E-state index is -0.642. The van der Waals surface area contributed by atoms with E-state index >= 15 is 0 Å². The number of aliphatic hydroxyl groups is 2. The number of cyclic esters (lactones) is 2. The first-order valence-corrected chi connectivity index (χ1v) is 11.7. The summed E-state index contributed by atoms with van der Waals surface area (Å²) in [5.41, 5.74) is 6.46. The van der Waals surface area contributed by atoms with Gasteiger partial charge in [-0.15, -0.1) is 24.8 Å². The number of fused-ring (bicyclic) bond motifs is 2. The summed E-state index contributed by atoms with van der Waals surface area (Å²) in [6, 6.07) is 7.15. The Bertz CT molecular complexity index is 1060. The molecule has 9 nitrogen and oxygen atoms in total. The first kappa shape index (κ1) is 31.0. The minimum absolute atomic E-state index is 0. The second-order valence-electron chi connectivity index (χ2n) is 9.40. The number of β-amino-alcohol motifs (C(OH)–C–C–N with tert-alkyl or cyclic N) is 2. The predicted octanol–water partition coefficient (Wildman–Crippen LogP) is 2.05. The van der Waals surface area contributed by atoms with Gasteiger partial charge in [0.05, 0.1) is 23.3 Å². The average molecular weight is 557 g/mol. The van der Waals surface area contributed by atoms with Crippen LogP contribution in [0.15, 0.2) is 24.3 Å². The highest BCUT2D eigenvalue weighted by atomic mass is 35.5. The molecule has 37 heavy (non-hydrogen) atoms. The van der Waals surface area contributed by atoms with Gasteiger partial charge in [0.2, 0.25) is 0 Å². The summed E-state index contributed by atoms with van der Waals surface area (Å²) in [5, 5.41) is 21.8. The van der Waals surface area contributed by atoms with Crippen LogP contribution >= 0.6 is 24.8 Å². The smallest absolute Gasteiger partial charge is 0.338 e. The third-order valence-electron chi connectivity index (χ3n) is 7.46. The number of rotatable bonds is 6. The third-order valence-corrected chi connectivity index (χ3v) is 7.46. The van der Waals surface area contributed by atoms with Crippen LogP contribution in [0.5, 0.6) is 0 Å². The molecule has 11 heteroatoms. The Morgan fingerprint density at radius 1 is 0.730 bits per heavy atom. The zero-order valence-electron chi connectivity index (χ0n) is 20.9. The van der Waals surface area contributed by atoms with Gasteiger partial charge in [0, 0.05) is 50.4 Å². The van der Waals surface area contributed by atoms with Crippen LogP contribution < -0.4 is 0 Å². The number of benzene rings is 2. The van der Waals surface area contributed by atoms with Crippen LogP contribution in [0.2, 0.25) is 0 Å². The van der Waals surface area contributed by atoms with Crippen molar-refractivity contribution in [3.8, 4) is 0 Å². The first-order valence-electron chi connectivity index (χ1n) is 11.7. The van der Waals surface area contributed by atoms with Crippen molar-refractivity contribution in [1.82, 2.24) is 9.80 Å². The van der Waals surface area contributed by atoms with Crippen LogP contribution in [0, 0.1) is 13.8 Å². The van der Waals surface area contributed by atoms with Gasteiger partial charge in [-0.3, -0.25) is 9.80 Å². The molecule has 0 saturated carbocycles. The molecule has 0 unspecified atom stereocenters. The molecule has 204 valence electrons. The number of ether oxygens (including phenoxy) is 2. The molecule has 3 aliphatic rings. The Morgan fingerprint density at radius 2 is 1.08 bits per heavy atom. The fourth-order valence-electron chi connectivity index (χ4n) is 5.30. The summed E-state index contributed by atoms with van der Waals surface area (Å²) in [6.45, 7) is 8.61. The van der Waals surface area contributed by atoms with E-state index in [0.717, 1.165) is 59.6 Å². The predicted molar refractivity (Wildman–Crippen MR) is 142 cm³/mol. The molecule has 0 spiro atoms. The van der Waals surface area contributed by atoms with Crippen LogP contribution in [0.25, 0.3) is 0 Å². The van der Waals surface area contributed by atoms with Crippen LogP contribution in [0.4, 0.5) is 0 Å². The molecule has 1 saturated heterocycles. The van der Waals surface area contributed by atoms with Gasteiger partial charge in [-0.2, -0.15) is 0 Å². The van der Waals surface area contributed by atoms with Crippen LogP contribution in [-0.2, 0) is 22.7 Å². The number of halogens is 2. The van der Waals surface area contributed by atoms with Crippen molar-refractivity contribution in [2.45, 2.75) is 39.3 Å². The highest BCUT2D eigenvalue weighted by Gasteiger charge is 2.29. The lowest BCUT2D eigenvalue weighted by molar-refractivity contribution is 0.0478. The lowest BCUT2D eigenvalue weighted by Crippen LogP contribution is -2.48. The van der Waals surface area contributed by atoms with Crippen LogP contribution in [-0.4, -0.2) is 76.7 Å². The summed E-state index contributed by atoms with van der Waals surface area (Å²) >= 11 is 0. The summed E-state index contributed by atoms with van der Waals surface area (Å²) in [6.07, 6.45) is -1.28. The van der Waals surface area contributed by atoms with Gasteiger partial charge in [0.1, 0.15) is 13.2 Å². The Kier molecular flexibility index (Phi) is 10.5. The molecule has 0 aliphatic carbocycles. The Labute approximate surface area is 228 Å². The molecular formula is C26H34Cl2N2O7. The summed E-state index contributed by atoms with van der Waals surface area (Å²) in [5.74, 6) is -0.594. The SMILES string of the molecule is Cc1c([C@@H](O)CN2CCN(C[C@H](O)c3ccc4c(c3C)COC4=O)CC2)ccc2c1COC2=O.Cl.Cl.O. The van der Waals surface area contributed by atoms with Crippen LogP contribution in [0.3, 0.4) is 0 Å². The molecule has 2 aromatic carbocycles. The van der Waals surface area contributed by atoms with Gasteiger partial charge in [-0.05, 0) is 48.2 Å². The van der Waals surface area contributed by atoms with E-state index in [1.54, 1.807) is 12.1 Å². The maximum Gasteiger partial charge on any atom is 0.338 e. The maximum atomic E-state index is 11.8. The van der Waals surface area contributed by atoms with E-state index in [4.69, 9.17) is 9.47 Å². The highest BCUT2D eigenvalue weighted by Crippen LogP contribution is 2.31. The van der Waals surface area contributed by atoms with Crippen molar-refractivity contribution in [2.24, 2.45) is 0 Å². The van der Waals surface area contributed by atoms with E-state index in [1.807, 2.05) is 26.0 Å². The van der Waals surface area contributed by atoms with E-state index in [1.165, 1.54) is 0 Å². The topological polar surface area (TPSA) is 131 Å². The molecule has 5 rings (SSSR count). The standard InChI is InChI=1S/C26H30N2O6.2ClH.H2O/c1-15-17(3-5-19-21(15)13-33-25(19)31)23(29)11-27-7-9-28(10-8-27)12-24(30)18-4-6-20-22(16(18)2)14-34-26(20)32;;;/h3-6,23-24,29-30H,7-14H2,1-2H3;2*1H;1H2/t23-,24-;;;/m0.../s1. The van der Waals surface area contributed by atoms with Gasteiger partial charge < -0.3 is 25.2 Å². The lowest BCUT2D eigenvalue weighted by atomic mass is 9.95. The fraction of sp³-hybridized carbons (Fsp3) is 0.462. The number of aliphatic hydroxyl groups excluding tert-OH is 2. The molecule has 3 aliphatic heterocycles. The summed E-state index contributed by atoms with van der Waals surface area (Å²) in [7, 11) is 0. The molecule has 0 bridgehead atoms. The van der Waals surface area contributed by atoms with Crippen LogP contribution in [0.1, 0.15) is 66.3 Å². The number of nitrogens with zero attached hydrogens (tertiary/aromatic N) is 2. The number of piperazine rings is 1. The zero-order valence-corrected chi connectivity index (χ0v) is 22.5. The second-order valence-corrected chi connectivity index (χ2v) is 9.40. The molecule has 0 amide bonds. The second kappa shape index (κ2) is 12.5. The Balaban J connectivity index is 0.00000160. The zero-order chi connectivity index (χ0) is 24.0. The van der Waals surface area contributed by atoms with E-state index < -0.39 is 12.2 Å². The number of esters is 2. The highest BCUT2D eigenvalue weighted by molar-refractivity contribution is 5.94. The van der Waals surface area contributed by atoms with Crippen molar-refractivity contribution in [2.75, 3.05) is 39.3 Å². The van der Waals surface area contributed by atoms with Gasteiger partial charge in [0.25, 0.3) is 0 Å². The Morgan fingerprint density at radius 3 is 1.43 bits per heavy atom. The lowest BCUT2D eigenvalue weighted by Gasteiger charge is -2.36. The summed E-state index contributed by atoms with van der Waals surface area (Å²) < 4.78 is 10.2. The van der Waals surface area contributed by atoms with E-state index in [2.05, 4.69) is 9.80 Å². The van der Waals surface area contributed by atoms with Crippen molar-refractivity contribution in [3.63, 3.8) is 0 Å². The van der Waals surface area contributed by atoms with Crippen molar-refractivity contribution >= 4 is 36.8 Å². The quantitative estimate of drug-likeness (QED) is 0.517. The minimum Gasteiger partial charge on any atom is -0.457 e. The molecule has 1 fully saturated rings. The fourth-order valence-corrected chi connectivity index (χ4v) is 5.30. The number of carbonyl (C=O) groups excluding carboxylic acids is 2. The molecule has 0 aromatic heterocycles. The van der Waals surface area contributed by atoms with Gasteiger partial charge in [-0.25, -0.2) is 9.59 Å². The van der Waals surface area contributed by atoms with Crippen molar-refractivity contribution in [3.05, 3.63) is 68.8 Å². The summed E-state index contributed by atoms with van der Waals surface area (Å²) in [4.78, 5) is 28.0. The first-order chi connectivity index (χ1) is 16.3. The number of carbonyl (C=O) groups is 2. The largest absolute Gasteiger partial charge is 0.457 e. The normalized spacial score (nSPS) is 18.4. The van der Waals surface area contributed by atoms with E-state index in [9.17, 15) is 19.8 Å². The molecular weight excluding hydrogens is 523 g/mol.